The summed E-state index contributed by atoms with van der Waals surface area (Å²) in [5.74, 6) is 0.645. The topological polar surface area (TPSA) is 12.0 Å². The lowest BCUT2D eigenvalue weighted by Crippen LogP contribution is -2.23. The molecule has 0 amide bonds. The molecule has 106 valence electrons. The lowest BCUT2D eigenvalue weighted by Gasteiger charge is -2.19. The third kappa shape index (κ3) is 4.23. The summed E-state index contributed by atoms with van der Waals surface area (Å²) in [4.78, 5) is 1.06. The average Bonchev–Trinajstić information content (AvgIpc) is 2.46. The van der Waals surface area contributed by atoms with Crippen molar-refractivity contribution < 1.29 is 4.39 Å². The standard InChI is InChI=1S/C16H17ClFNS/c1-2-19-16(14-5-3-4-6-15(14)17)11-20-13-9-7-12(18)8-10-13/h3-10,16,19H,2,11H2,1H3. The van der Waals surface area contributed by atoms with E-state index in [0.29, 0.717) is 0 Å². The van der Waals surface area contributed by atoms with Gasteiger partial charge in [-0.25, -0.2) is 4.39 Å². The minimum Gasteiger partial charge on any atom is -0.309 e. The number of hydrogen-bond acceptors (Lipinski definition) is 2. The van der Waals surface area contributed by atoms with Crippen molar-refractivity contribution in [3.8, 4) is 0 Å². The van der Waals surface area contributed by atoms with E-state index in [9.17, 15) is 4.39 Å². The van der Waals surface area contributed by atoms with Crippen LogP contribution in [0.25, 0.3) is 0 Å². The van der Waals surface area contributed by atoms with Crippen molar-refractivity contribution >= 4 is 23.4 Å². The zero-order chi connectivity index (χ0) is 14.4. The van der Waals surface area contributed by atoms with Crippen molar-refractivity contribution in [3.05, 3.63) is 64.9 Å². The van der Waals surface area contributed by atoms with Crippen molar-refractivity contribution in [2.75, 3.05) is 12.3 Å². The highest BCUT2D eigenvalue weighted by Crippen LogP contribution is 2.28. The first-order valence-corrected chi connectivity index (χ1v) is 7.93. The van der Waals surface area contributed by atoms with Crippen LogP contribution in [0.1, 0.15) is 18.5 Å². The Morgan fingerprint density at radius 3 is 2.50 bits per heavy atom. The van der Waals surface area contributed by atoms with Gasteiger partial charge in [-0.1, -0.05) is 36.7 Å². The molecule has 4 heteroatoms. The molecule has 1 unspecified atom stereocenters. The van der Waals surface area contributed by atoms with E-state index in [-0.39, 0.29) is 11.9 Å². The van der Waals surface area contributed by atoms with E-state index in [0.717, 1.165) is 27.8 Å². The van der Waals surface area contributed by atoms with E-state index in [1.165, 1.54) is 12.1 Å². The summed E-state index contributed by atoms with van der Waals surface area (Å²) in [6.07, 6.45) is 0. The van der Waals surface area contributed by atoms with Crippen LogP contribution in [-0.4, -0.2) is 12.3 Å². The lowest BCUT2D eigenvalue weighted by molar-refractivity contribution is 0.606. The molecule has 2 aromatic carbocycles. The summed E-state index contributed by atoms with van der Waals surface area (Å²) >= 11 is 7.95. The van der Waals surface area contributed by atoms with Gasteiger partial charge < -0.3 is 5.32 Å². The van der Waals surface area contributed by atoms with Crippen molar-refractivity contribution in [3.63, 3.8) is 0 Å². The summed E-state index contributed by atoms with van der Waals surface area (Å²) in [5.41, 5.74) is 1.10. The van der Waals surface area contributed by atoms with Crippen LogP contribution in [0.3, 0.4) is 0 Å². The molecule has 0 aliphatic rings. The number of thioether (sulfide) groups is 1. The number of halogens is 2. The molecule has 0 aliphatic heterocycles. The van der Waals surface area contributed by atoms with Gasteiger partial charge in [-0.2, -0.15) is 0 Å². The second-order valence-electron chi connectivity index (χ2n) is 4.40. The fourth-order valence-corrected chi connectivity index (χ4v) is 3.23. The van der Waals surface area contributed by atoms with Gasteiger partial charge in [0.05, 0.1) is 0 Å². The molecule has 0 aromatic heterocycles. The fraction of sp³-hybridized carbons (Fsp3) is 0.250. The quantitative estimate of drug-likeness (QED) is 0.760. The minimum absolute atomic E-state index is 0.184. The van der Waals surface area contributed by atoms with E-state index in [4.69, 9.17) is 11.6 Å². The predicted octanol–water partition coefficient (Wildman–Crippen LogP) is 4.92. The van der Waals surface area contributed by atoms with Gasteiger partial charge in [0.15, 0.2) is 0 Å². The average molecular weight is 310 g/mol. The molecule has 0 fully saturated rings. The zero-order valence-corrected chi connectivity index (χ0v) is 12.8. The van der Waals surface area contributed by atoms with Crippen LogP contribution in [0.5, 0.6) is 0 Å². The van der Waals surface area contributed by atoms with Gasteiger partial charge in [0, 0.05) is 21.7 Å². The first-order valence-electron chi connectivity index (χ1n) is 6.57. The smallest absolute Gasteiger partial charge is 0.123 e. The van der Waals surface area contributed by atoms with Crippen LogP contribution in [0.2, 0.25) is 5.02 Å². The molecule has 2 rings (SSSR count). The zero-order valence-electron chi connectivity index (χ0n) is 11.3. The Labute approximate surface area is 128 Å². The third-order valence-electron chi connectivity index (χ3n) is 2.96. The van der Waals surface area contributed by atoms with Crippen LogP contribution < -0.4 is 5.32 Å². The van der Waals surface area contributed by atoms with E-state index < -0.39 is 0 Å². The largest absolute Gasteiger partial charge is 0.309 e. The van der Waals surface area contributed by atoms with Gasteiger partial charge in [-0.3, -0.25) is 0 Å². The summed E-state index contributed by atoms with van der Waals surface area (Å²) < 4.78 is 12.9. The molecule has 20 heavy (non-hydrogen) atoms. The summed E-state index contributed by atoms with van der Waals surface area (Å²) in [5, 5.41) is 4.22. The minimum atomic E-state index is -0.205. The maximum Gasteiger partial charge on any atom is 0.123 e. The van der Waals surface area contributed by atoms with Crippen molar-refractivity contribution in [1.82, 2.24) is 5.32 Å². The Balaban J connectivity index is 2.06. The second-order valence-corrected chi connectivity index (χ2v) is 5.90. The van der Waals surface area contributed by atoms with E-state index >= 15 is 0 Å². The fourth-order valence-electron chi connectivity index (χ4n) is 1.97. The molecular weight excluding hydrogens is 293 g/mol. The van der Waals surface area contributed by atoms with Gasteiger partial charge >= 0.3 is 0 Å². The van der Waals surface area contributed by atoms with Gasteiger partial charge in [0.2, 0.25) is 0 Å². The molecule has 0 spiro atoms. The van der Waals surface area contributed by atoms with E-state index in [1.807, 2.05) is 24.3 Å². The van der Waals surface area contributed by atoms with Gasteiger partial charge in [0.1, 0.15) is 5.82 Å². The van der Waals surface area contributed by atoms with Crippen molar-refractivity contribution in [2.45, 2.75) is 17.9 Å². The Morgan fingerprint density at radius 1 is 1.15 bits per heavy atom. The van der Waals surface area contributed by atoms with Crippen molar-refractivity contribution in [1.29, 1.82) is 0 Å². The van der Waals surface area contributed by atoms with Crippen LogP contribution >= 0.6 is 23.4 Å². The molecule has 0 heterocycles. The molecular formula is C16H17ClFNS. The predicted molar refractivity (Wildman–Crippen MR) is 85.0 cm³/mol. The Kier molecular flexibility index (Phi) is 5.89. The van der Waals surface area contributed by atoms with E-state index in [2.05, 4.69) is 12.2 Å². The molecule has 2 aromatic rings. The normalized spacial score (nSPS) is 12.3. The number of hydrogen-bond donors (Lipinski definition) is 1. The SMILES string of the molecule is CCNC(CSc1ccc(F)cc1)c1ccccc1Cl. The molecule has 1 N–H and O–H groups in total. The number of nitrogens with one attached hydrogen (secondary N) is 1. The van der Waals surface area contributed by atoms with Crippen LogP contribution in [0.15, 0.2) is 53.4 Å². The summed E-state index contributed by atoms with van der Waals surface area (Å²) in [7, 11) is 0. The van der Waals surface area contributed by atoms with Gasteiger partial charge in [-0.15, -0.1) is 11.8 Å². The summed E-state index contributed by atoms with van der Waals surface area (Å²) in [6, 6.07) is 14.6. The molecule has 1 nitrogen and oxygen atoms in total. The number of rotatable bonds is 6. The Bertz CT molecular complexity index is 544. The monoisotopic (exact) mass is 309 g/mol. The number of benzene rings is 2. The van der Waals surface area contributed by atoms with Gasteiger partial charge in [-0.05, 0) is 42.4 Å². The molecule has 0 radical (unpaired) electrons. The molecule has 0 saturated heterocycles. The first-order chi connectivity index (χ1) is 9.70. The maximum atomic E-state index is 12.9. The molecule has 0 aliphatic carbocycles. The molecule has 0 bridgehead atoms. The van der Waals surface area contributed by atoms with Crippen LogP contribution in [-0.2, 0) is 0 Å². The van der Waals surface area contributed by atoms with Crippen molar-refractivity contribution in [2.24, 2.45) is 0 Å². The lowest BCUT2D eigenvalue weighted by atomic mass is 10.1. The van der Waals surface area contributed by atoms with E-state index in [1.54, 1.807) is 23.9 Å². The van der Waals surface area contributed by atoms with Crippen LogP contribution in [0, 0.1) is 5.82 Å². The Morgan fingerprint density at radius 2 is 1.85 bits per heavy atom. The molecule has 0 saturated carbocycles. The van der Waals surface area contributed by atoms with Crippen LogP contribution in [0.4, 0.5) is 4.39 Å². The third-order valence-corrected chi connectivity index (χ3v) is 4.41. The molecule has 1 atom stereocenters. The Hall–Kier alpha value is -1.03. The summed E-state index contributed by atoms with van der Waals surface area (Å²) in [6.45, 7) is 2.95. The highest BCUT2D eigenvalue weighted by Gasteiger charge is 2.13. The second kappa shape index (κ2) is 7.67. The maximum absolute atomic E-state index is 12.9. The van der Waals surface area contributed by atoms with Gasteiger partial charge in [0.25, 0.3) is 0 Å². The highest BCUT2D eigenvalue weighted by molar-refractivity contribution is 7.99. The first kappa shape index (κ1) is 15.4. The highest BCUT2D eigenvalue weighted by atomic mass is 35.5.